The summed E-state index contributed by atoms with van der Waals surface area (Å²) in [6, 6.07) is 17.9. The lowest BCUT2D eigenvalue weighted by atomic mass is 10.1. The Bertz CT molecular complexity index is 1390. The lowest BCUT2D eigenvalue weighted by molar-refractivity contribution is 0.455. The molecule has 6 nitrogen and oxygen atoms in total. The maximum atomic E-state index is 14.0. The van der Waals surface area contributed by atoms with Gasteiger partial charge < -0.3 is 4.42 Å². The SMILES string of the molecule is Cc1ccc(S(=O)(=O)N(Cc2nnc(Cc3ccccc3F)o2)c2cccc(Cl)c2C)cc1. The number of anilines is 1. The van der Waals surface area contributed by atoms with Crippen LogP contribution in [0.25, 0.3) is 0 Å². The Balaban J connectivity index is 1.70. The van der Waals surface area contributed by atoms with Crippen LogP contribution in [0.3, 0.4) is 0 Å². The summed E-state index contributed by atoms with van der Waals surface area (Å²) in [6.45, 7) is 3.42. The van der Waals surface area contributed by atoms with Gasteiger partial charge >= 0.3 is 0 Å². The molecular formula is C24H21ClFN3O3S. The molecule has 0 fully saturated rings. The topological polar surface area (TPSA) is 76.3 Å². The van der Waals surface area contributed by atoms with Crippen LogP contribution in [0.5, 0.6) is 0 Å². The van der Waals surface area contributed by atoms with E-state index in [1.54, 1.807) is 67.6 Å². The molecule has 0 N–H and O–H groups in total. The average Bonchev–Trinajstić information content (AvgIpc) is 3.23. The van der Waals surface area contributed by atoms with Gasteiger partial charge in [0.25, 0.3) is 10.0 Å². The number of nitrogens with zero attached hydrogens (tertiary/aromatic N) is 3. The summed E-state index contributed by atoms with van der Waals surface area (Å²) in [5.41, 5.74) is 2.34. The van der Waals surface area contributed by atoms with E-state index in [-0.39, 0.29) is 35.5 Å². The van der Waals surface area contributed by atoms with E-state index in [1.165, 1.54) is 10.4 Å². The first-order valence-corrected chi connectivity index (χ1v) is 12.0. The van der Waals surface area contributed by atoms with Crippen molar-refractivity contribution < 1.29 is 17.2 Å². The van der Waals surface area contributed by atoms with E-state index in [9.17, 15) is 12.8 Å². The van der Waals surface area contributed by atoms with Crippen molar-refractivity contribution in [2.45, 2.75) is 31.7 Å². The van der Waals surface area contributed by atoms with Crippen molar-refractivity contribution in [2.24, 2.45) is 0 Å². The maximum Gasteiger partial charge on any atom is 0.264 e. The number of benzene rings is 3. The van der Waals surface area contributed by atoms with Gasteiger partial charge in [0.1, 0.15) is 12.4 Å². The number of aromatic nitrogens is 2. The van der Waals surface area contributed by atoms with Crippen LogP contribution in [0.4, 0.5) is 10.1 Å². The second kappa shape index (κ2) is 9.33. The smallest absolute Gasteiger partial charge is 0.264 e. The zero-order valence-electron chi connectivity index (χ0n) is 18.0. The molecule has 170 valence electrons. The van der Waals surface area contributed by atoms with Crippen molar-refractivity contribution in [1.29, 1.82) is 0 Å². The van der Waals surface area contributed by atoms with Gasteiger partial charge in [0.05, 0.1) is 17.0 Å². The number of sulfonamides is 1. The summed E-state index contributed by atoms with van der Waals surface area (Å²) < 4.78 is 48.1. The summed E-state index contributed by atoms with van der Waals surface area (Å²) in [4.78, 5) is 0.124. The third kappa shape index (κ3) is 4.91. The lowest BCUT2D eigenvalue weighted by Crippen LogP contribution is -2.31. The molecule has 1 heterocycles. The van der Waals surface area contributed by atoms with Gasteiger partial charge in [-0.15, -0.1) is 10.2 Å². The summed E-state index contributed by atoms with van der Waals surface area (Å²) >= 11 is 6.28. The molecule has 4 rings (SSSR count). The third-order valence-corrected chi connectivity index (χ3v) is 7.39. The van der Waals surface area contributed by atoms with E-state index in [0.717, 1.165) is 5.56 Å². The molecule has 0 unspecified atom stereocenters. The van der Waals surface area contributed by atoms with Crippen molar-refractivity contribution >= 4 is 27.3 Å². The van der Waals surface area contributed by atoms with Gasteiger partial charge in [-0.2, -0.15) is 0 Å². The molecule has 4 aromatic rings. The van der Waals surface area contributed by atoms with E-state index in [1.807, 2.05) is 6.92 Å². The Morgan fingerprint density at radius 3 is 2.36 bits per heavy atom. The Labute approximate surface area is 196 Å². The molecule has 0 bridgehead atoms. The molecule has 0 aliphatic carbocycles. The van der Waals surface area contributed by atoms with Gasteiger partial charge in [-0.3, -0.25) is 4.31 Å². The van der Waals surface area contributed by atoms with Crippen LogP contribution in [0.1, 0.15) is 28.5 Å². The predicted octanol–water partition coefficient (Wildman–Crippen LogP) is 5.47. The summed E-state index contributed by atoms with van der Waals surface area (Å²) in [5.74, 6) is -0.114. The Morgan fingerprint density at radius 2 is 1.64 bits per heavy atom. The van der Waals surface area contributed by atoms with Gasteiger partial charge in [0.15, 0.2) is 0 Å². The highest BCUT2D eigenvalue weighted by atomic mass is 35.5. The molecular weight excluding hydrogens is 465 g/mol. The fourth-order valence-electron chi connectivity index (χ4n) is 3.35. The second-order valence-corrected chi connectivity index (χ2v) is 9.84. The van der Waals surface area contributed by atoms with Crippen LogP contribution in [0.15, 0.2) is 76.0 Å². The molecule has 0 amide bonds. The monoisotopic (exact) mass is 485 g/mol. The molecule has 0 radical (unpaired) electrons. The average molecular weight is 486 g/mol. The minimum Gasteiger partial charge on any atom is -0.423 e. The molecule has 0 atom stereocenters. The predicted molar refractivity (Wildman–Crippen MR) is 124 cm³/mol. The minimum atomic E-state index is -3.98. The third-order valence-electron chi connectivity index (χ3n) is 5.20. The Kier molecular flexibility index (Phi) is 6.49. The van der Waals surface area contributed by atoms with E-state index >= 15 is 0 Å². The van der Waals surface area contributed by atoms with E-state index in [2.05, 4.69) is 10.2 Å². The first kappa shape index (κ1) is 22.9. The molecule has 0 saturated carbocycles. The van der Waals surface area contributed by atoms with Gasteiger partial charge in [0.2, 0.25) is 11.8 Å². The molecule has 1 aromatic heterocycles. The van der Waals surface area contributed by atoms with Crippen LogP contribution in [-0.2, 0) is 23.0 Å². The zero-order chi connectivity index (χ0) is 23.6. The van der Waals surface area contributed by atoms with Gasteiger partial charge in [0, 0.05) is 5.02 Å². The molecule has 0 aliphatic heterocycles. The molecule has 0 aliphatic rings. The van der Waals surface area contributed by atoms with Crippen molar-refractivity contribution in [3.05, 3.63) is 106 Å². The van der Waals surface area contributed by atoms with Crippen molar-refractivity contribution in [3.8, 4) is 0 Å². The van der Waals surface area contributed by atoms with Gasteiger partial charge in [-0.05, 0) is 55.3 Å². The molecule has 0 saturated heterocycles. The number of halogens is 2. The normalized spacial score (nSPS) is 11.5. The second-order valence-electron chi connectivity index (χ2n) is 7.57. The van der Waals surface area contributed by atoms with E-state index < -0.39 is 10.0 Å². The molecule has 9 heteroatoms. The molecule has 0 spiro atoms. The molecule has 33 heavy (non-hydrogen) atoms. The summed E-state index contributed by atoms with van der Waals surface area (Å²) in [6.07, 6.45) is 0.0978. The van der Waals surface area contributed by atoms with Crippen LogP contribution in [-0.4, -0.2) is 18.6 Å². The lowest BCUT2D eigenvalue weighted by Gasteiger charge is -2.25. The van der Waals surface area contributed by atoms with Crippen LogP contribution in [0, 0.1) is 19.7 Å². The minimum absolute atomic E-state index is 0.0800. The number of rotatable bonds is 7. The van der Waals surface area contributed by atoms with E-state index in [0.29, 0.717) is 21.8 Å². The number of aryl methyl sites for hydroxylation is 1. The van der Waals surface area contributed by atoms with Gasteiger partial charge in [-0.1, -0.05) is 53.6 Å². The maximum absolute atomic E-state index is 14.0. The Morgan fingerprint density at radius 1 is 0.939 bits per heavy atom. The largest absolute Gasteiger partial charge is 0.423 e. The van der Waals surface area contributed by atoms with E-state index in [4.69, 9.17) is 16.0 Å². The molecule has 3 aromatic carbocycles. The van der Waals surface area contributed by atoms with Crippen LogP contribution < -0.4 is 4.31 Å². The summed E-state index contributed by atoms with van der Waals surface area (Å²) in [7, 11) is -3.98. The fraction of sp³-hybridized carbons (Fsp3) is 0.167. The van der Waals surface area contributed by atoms with Crippen molar-refractivity contribution in [2.75, 3.05) is 4.31 Å². The summed E-state index contributed by atoms with van der Waals surface area (Å²) in [5, 5.41) is 8.41. The van der Waals surface area contributed by atoms with Crippen molar-refractivity contribution in [3.63, 3.8) is 0 Å². The zero-order valence-corrected chi connectivity index (χ0v) is 19.6. The van der Waals surface area contributed by atoms with Crippen LogP contribution >= 0.6 is 11.6 Å². The highest BCUT2D eigenvalue weighted by Crippen LogP contribution is 2.32. The highest BCUT2D eigenvalue weighted by molar-refractivity contribution is 7.92. The van der Waals surface area contributed by atoms with Crippen LogP contribution in [0.2, 0.25) is 5.02 Å². The standard InChI is InChI=1S/C24H21ClFN3O3S/c1-16-10-12-19(13-11-16)33(30,31)29(22-9-5-7-20(25)17(22)2)15-24-28-27-23(32-24)14-18-6-3-4-8-21(18)26/h3-13H,14-15H2,1-2H3. The highest BCUT2D eigenvalue weighted by Gasteiger charge is 2.29. The first-order chi connectivity index (χ1) is 15.8. The number of hydrogen-bond acceptors (Lipinski definition) is 5. The number of hydrogen-bond donors (Lipinski definition) is 0. The van der Waals surface area contributed by atoms with Gasteiger partial charge in [-0.25, -0.2) is 12.8 Å². The first-order valence-electron chi connectivity index (χ1n) is 10.1. The van der Waals surface area contributed by atoms with Crippen molar-refractivity contribution in [1.82, 2.24) is 10.2 Å². The Hall–Kier alpha value is -3.23. The fourth-order valence-corrected chi connectivity index (χ4v) is 5.00. The quantitative estimate of drug-likeness (QED) is 0.347.